The topological polar surface area (TPSA) is 48.3 Å². The minimum absolute atomic E-state index is 0.197. The molecule has 182 valence electrons. The number of aliphatic hydroxyl groups excluding tert-OH is 1. The Morgan fingerprint density at radius 3 is 2.39 bits per heavy atom. The highest BCUT2D eigenvalue weighted by Crippen LogP contribution is 2.46. The summed E-state index contributed by atoms with van der Waals surface area (Å²) in [6.07, 6.45) is 8.77. The van der Waals surface area contributed by atoms with Crippen LogP contribution in [0, 0.1) is 0 Å². The van der Waals surface area contributed by atoms with Crippen molar-refractivity contribution in [2.45, 2.75) is 77.0 Å². The first kappa shape index (κ1) is 24.3. The molecule has 1 N–H and O–H groups in total. The fraction of sp³-hybridized carbons (Fsp3) is 0.679. The highest BCUT2D eigenvalue weighted by atomic mass is 16.5. The van der Waals surface area contributed by atoms with Crippen molar-refractivity contribution in [1.82, 2.24) is 9.80 Å². The molecular weight excluding hydrogens is 410 g/mol. The van der Waals surface area contributed by atoms with Crippen molar-refractivity contribution in [2.75, 3.05) is 45.9 Å². The Kier molecular flexibility index (Phi) is 7.49. The van der Waals surface area contributed by atoms with Crippen LogP contribution in [0.1, 0.15) is 82.9 Å². The summed E-state index contributed by atoms with van der Waals surface area (Å²) in [5, 5.41) is 8.96. The van der Waals surface area contributed by atoms with Gasteiger partial charge in [0, 0.05) is 44.8 Å². The molecule has 1 fully saturated rings. The molecule has 1 aromatic carbocycles. The van der Waals surface area contributed by atoms with Gasteiger partial charge in [-0.05, 0) is 66.7 Å². The largest absolute Gasteiger partial charge is 0.465 e. The second-order valence-corrected chi connectivity index (χ2v) is 11.3. The fourth-order valence-corrected chi connectivity index (χ4v) is 5.41. The maximum absolute atomic E-state index is 8.96. The Labute approximate surface area is 200 Å². The van der Waals surface area contributed by atoms with Gasteiger partial charge < -0.3 is 14.7 Å². The summed E-state index contributed by atoms with van der Waals surface area (Å²) < 4.78 is 6.11. The second-order valence-electron chi connectivity index (χ2n) is 11.3. The number of rotatable bonds is 6. The Balaban J connectivity index is 1.48. The Morgan fingerprint density at radius 1 is 0.939 bits per heavy atom. The van der Waals surface area contributed by atoms with Gasteiger partial charge in [0.2, 0.25) is 0 Å². The minimum Gasteiger partial charge on any atom is -0.465 e. The molecule has 0 aromatic heterocycles. The Morgan fingerprint density at radius 2 is 1.67 bits per heavy atom. The standard InChI is InChI=1S/C28H43N3O2/c1-27(2)12-13-28(3,4)24-21-22(10-11-23(24)27)25-9-8-20-33-26(29-25)31-17-15-30(16-18-31)14-6-5-7-19-32/h9-11,21,32H,5-8,12-20H2,1-4H3. The quantitative estimate of drug-likeness (QED) is 0.620. The molecule has 5 nitrogen and oxygen atoms in total. The van der Waals surface area contributed by atoms with Gasteiger partial charge in [-0.2, -0.15) is 4.99 Å². The van der Waals surface area contributed by atoms with E-state index in [0.29, 0.717) is 13.2 Å². The first-order valence-electron chi connectivity index (χ1n) is 13.0. The number of benzene rings is 1. The van der Waals surface area contributed by atoms with Gasteiger partial charge in [-0.15, -0.1) is 0 Å². The van der Waals surface area contributed by atoms with Crippen molar-refractivity contribution in [3.63, 3.8) is 0 Å². The number of ether oxygens (including phenoxy) is 1. The maximum atomic E-state index is 8.96. The number of aliphatic imine (C=N–C) groups is 1. The number of unbranched alkanes of at least 4 members (excludes halogenated alkanes) is 2. The van der Waals surface area contributed by atoms with Crippen molar-refractivity contribution in [3.05, 3.63) is 41.0 Å². The maximum Gasteiger partial charge on any atom is 0.292 e. The zero-order chi connectivity index (χ0) is 23.5. The number of amidine groups is 1. The van der Waals surface area contributed by atoms with Crippen LogP contribution in [0.4, 0.5) is 0 Å². The molecule has 33 heavy (non-hydrogen) atoms. The van der Waals surface area contributed by atoms with Crippen molar-refractivity contribution in [3.8, 4) is 0 Å². The first-order valence-corrected chi connectivity index (χ1v) is 13.0. The van der Waals surface area contributed by atoms with Gasteiger partial charge in [-0.3, -0.25) is 4.90 Å². The van der Waals surface area contributed by atoms with Gasteiger partial charge in [-0.1, -0.05) is 45.9 Å². The smallest absolute Gasteiger partial charge is 0.292 e. The summed E-state index contributed by atoms with van der Waals surface area (Å²) in [5.41, 5.74) is 5.67. The molecule has 1 aliphatic carbocycles. The molecule has 5 heteroatoms. The molecule has 0 spiro atoms. The van der Waals surface area contributed by atoms with Gasteiger partial charge in [0.25, 0.3) is 6.02 Å². The van der Waals surface area contributed by atoms with Crippen molar-refractivity contribution in [1.29, 1.82) is 0 Å². The van der Waals surface area contributed by atoms with Crippen LogP contribution in [0.15, 0.2) is 29.3 Å². The van der Waals surface area contributed by atoms with E-state index in [9.17, 15) is 0 Å². The van der Waals surface area contributed by atoms with Crippen LogP contribution in [0.3, 0.4) is 0 Å². The van der Waals surface area contributed by atoms with Crippen molar-refractivity contribution >= 4 is 11.7 Å². The summed E-state index contributed by atoms with van der Waals surface area (Å²) >= 11 is 0. The lowest BCUT2D eigenvalue weighted by Crippen LogP contribution is -2.49. The van der Waals surface area contributed by atoms with E-state index in [-0.39, 0.29) is 10.8 Å². The third kappa shape index (κ3) is 5.63. The number of fused-ring (bicyclic) bond motifs is 1. The van der Waals surface area contributed by atoms with Crippen LogP contribution in [0.2, 0.25) is 0 Å². The lowest BCUT2D eigenvalue weighted by molar-refractivity contribution is 0.147. The molecule has 2 aliphatic heterocycles. The molecule has 0 atom stereocenters. The van der Waals surface area contributed by atoms with Crippen molar-refractivity contribution < 1.29 is 9.84 Å². The summed E-state index contributed by atoms with van der Waals surface area (Å²) in [4.78, 5) is 9.89. The SMILES string of the molecule is CC1(C)CCC(C)(C)c2cc(C3=CCCOC(N4CCN(CCCCCO)CC4)=N3)ccc21. The Bertz CT molecular complexity index is 879. The van der Waals surface area contributed by atoms with E-state index in [1.165, 1.54) is 29.5 Å². The first-order chi connectivity index (χ1) is 15.8. The average molecular weight is 454 g/mol. The molecule has 2 heterocycles. The third-order valence-corrected chi connectivity index (χ3v) is 7.83. The number of nitrogens with zero attached hydrogens (tertiary/aromatic N) is 3. The minimum atomic E-state index is 0.197. The van der Waals surface area contributed by atoms with Gasteiger partial charge >= 0.3 is 0 Å². The highest BCUT2D eigenvalue weighted by Gasteiger charge is 2.37. The molecule has 0 unspecified atom stereocenters. The van der Waals surface area contributed by atoms with Gasteiger partial charge in [-0.25, -0.2) is 0 Å². The lowest BCUT2D eigenvalue weighted by atomic mass is 9.63. The summed E-state index contributed by atoms with van der Waals surface area (Å²) in [6, 6.07) is 7.81. The highest BCUT2D eigenvalue weighted by molar-refractivity contribution is 5.83. The van der Waals surface area contributed by atoms with Crippen molar-refractivity contribution in [2.24, 2.45) is 4.99 Å². The lowest BCUT2D eigenvalue weighted by Gasteiger charge is -2.42. The van der Waals surface area contributed by atoms with Crippen LogP contribution in [-0.4, -0.2) is 66.9 Å². The van der Waals surface area contributed by atoms with E-state index in [1.54, 1.807) is 0 Å². The van der Waals surface area contributed by atoms with Crippen LogP contribution in [0.5, 0.6) is 0 Å². The van der Waals surface area contributed by atoms with Gasteiger partial charge in [0.05, 0.1) is 12.3 Å². The van der Waals surface area contributed by atoms with Crippen LogP contribution in [-0.2, 0) is 15.6 Å². The average Bonchev–Trinajstić information content (AvgIpc) is 3.07. The summed E-state index contributed by atoms with van der Waals surface area (Å²) in [7, 11) is 0. The molecule has 1 aromatic rings. The van der Waals surface area contributed by atoms with Gasteiger partial charge in [0.15, 0.2) is 0 Å². The number of aliphatic hydroxyl groups is 1. The number of hydrogen-bond donors (Lipinski definition) is 1. The second kappa shape index (κ2) is 10.2. The summed E-state index contributed by atoms with van der Waals surface area (Å²) in [6.45, 7) is 15.6. The number of hydrogen-bond acceptors (Lipinski definition) is 5. The number of piperazine rings is 1. The molecular formula is C28H43N3O2. The zero-order valence-corrected chi connectivity index (χ0v) is 21.2. The normalized spacial score (nSPS) is 22.6. The molecule has 3 aliphatic rings. The molecule has 0 saturated carbocycles. The van der Waals surface area contributed by atoms with Crippen LogP contribution in [0.25, 0.3) is 5.70 Å². The van der Waals surface area contributed by atoms with Crippen LogP contribution >= 0.6 is 0 Å². The molecule has 0 bridgehead atoms. The predicted octanol–water partition coefficient (Wildman–Crippen LogP) is 4.93. The molecule has 0 amide bonds. The fourth-order valence-electron chi connectivity index (χ4n) is 5.41. The van der Waals surface area contributed by atoms with E-state index >= 15 is 0 Å². The zero-order valence-electron chi connectivity index (χ0n) is 21.2. The van der Waals surface area contributed by atoms with E-state index < -0.39 is 0 Å². The predicted molar refractivity (Wildman–Crippen MR) is 137 cm³/mol. The third-order valence-electron chi connectivity index (χ3n) is 7.83. The van der Waals surface area contributed by atoms with E-state index in [0.717, 1.165) is 70.1 Å². The van der Waals surface area contributed by atoms with E-state index in [4.69, 9.17) is 14.8 Å². The molecule has 0 radical (unpaired) electrons. The monoisotopic (exact) mass is 453 g/mol. The molecule has 1 saturated heterocycles. The van der Waals surface area contributed by atoms with E-state index in [2.05, 4.69) is 61.8 Å². The molecule has 4 rings (SSSR count). The summed E-state index contributed by atoms with van der Waals surface area (Å²) in [5.74, 6) is 0. The van der Waals surface area contributed by atoms with E-state index in [1.807, 2.05) is 0 Å². The van der Waals surface area contributed by atoms with Crippen LogP contribution < -0.4 is 0 Å². The Hall–Kier alpha value is -1.85. The van der Waals surface area contributed by atoms with Gasteiger partial charge in [0.1, 0.15) is 0 Å².